The smallest absolute Gasteiger partial charge is 0.271 e. The highest BCUT2D eigenvalue weighted by Crippen LogP contribution is 2.19. The molecule has 0 saturated carbocycles. The van der Waals surface area contributed by atoms with Crippen LogP contribution in [0.15, 0.2) is 47.6 Å². The normalized spacial score (nSPS) is 10.7. The van der Waals surface area contributed by atoms with Gasteiger partial charge in [0.25, 0.3) is 5.91 Å². The summed E-state index contributed by atoms with van der Waals surface area (Å²) in [5.41, 5.74) is 3.29. The van der Waals surface area contributed by atoms with Gasteiger partial charge in [-0.05, 0) is 30.3 Å². The molecule has 0 bridgehead atoms. The number of hydrogen-bond donors (Lipinski definition) is 2. The van der Waals surface area contributed by atoms with Crippen LogP contribution in [0.25, 0.3) is 0 Å². The molecule has 2 aromatic carbocycles. The minimum Gasteiger partial charge on any atom is -0.508 e. The van der Waals surface area contributed by atoms with Crippen LogP contribution in [-0.2, 0) is 0 Å². The van der Waals surface area contributed by atoms with Crippen LogP contribution < -0.4 is 5.43 Å². The molecule has 0 aromatic heterocycles. The molecule has 0 aliphatic carbocycles. The van der Waals surface area contributed by atoms with E-state index in [0.717, 1.165) is 0 Å². The lowest BCUT2D eigenvalue weighted by molar-refractivity contribution is 0.0954. The molecule has 1 amide bonds. The van der Waals surface area contributed by atoms with Gasteiger partial charge in [0.2, 0.25) is 0 Å². The first-order chi connectivity index (χ1) is 9.56. The minimum absolute atomic E-state index is 0.0161. The Bertz CT molecular complexity index is 672. The highest BCUT2D eigenvalue weighted by molar-refractivity contribution is 6.36. The van der Waals surface area contributed by atoms with E-state index in [1.165, 1.54) is 18.3 Å². The summed E-state index contributed by atoms with van der Waals surface area (Å²) < 4.78 is 0. The molecule has 4 nitrogen and oxygen atoms in total. The molecule has 2 N–H and O–H groups in total. The van der Waals surface area contributed by atoms with Gasteiger partial charge in [0.05, 0.1) is 11.2 Å². The predicted molar refractivity (Wildman–Crippen MR) is 79.6 cm³/mol. The van der Waals surface area contributed by atoms with Crippen molar-refractivity contribution in [2.24, 2.45) is 5.10 Å². The van der Waals surface area contributed by atoms with Crippen molar-refractivity contribution in [3.63, 3.8) is 0 Å². The van der Waals surface area contributed by atoms with Gasteiger partial charge in [0.15, 0.2) is 0 Å². The lowest BCUT2D eigenvalue weighted by Crippen LogP contribution is -2.17. The standard InChI is InChI=1S/C14H10Cl2N2O2/c15-11-5-4-10(13(16)7-11)8-17-18-14(20)9-2-1-3-12(19)6-9/h1-8,19H,(H,18,20)/b17-8+. The number of carbonyl (C=O) groups is 1. The summed E-state index contributed by atoms with van der Waals surface area (Å²) in [6.07, 6.45) is 1.42. The van der Waals surface area contributed by atoms with E-state index in [4.69, 9.17) is 23.2 Å². The third-order valence-corrected chi connectivity index (χ3v) is 3.00. The van der Waals surface area contributed by atoms with Gasteiger partial charge in [0.1, 0.15) is 5.75 Å². The van der Waals surface area contributed by atoms with Crippen LogP contribution in [0.1, 0.15) is 15.9 Å². The maximum atomic E-state index is 11.7. The fourth-order valence-corrected chi connectivity index (χ4v) is 1.94. The number of phenolic OH excluding ortho intramolecular Hbond substituents is 1. The highest BCUT2D eigenvalue weighted by atomic mass is 35.5. The first-order valence-electron chi connectivity index (χ1n) is 5.64. The molecule has 0 atom stereocenters. The van der Waals surface area contributed by atoms with Crippen molar-refractivity contribution in [2.45, 2.75) is 0 Å². The second-order valence-corrected chi connectivity index (χ2v) is 4.76. The third kappa shape index (κ3) is 3.73. The second-order valence-electron chi connectivity index (χ2n) is 3.92. The van der Waals surface area contributed by atoms with Gasteiger partial charge >= 0.3 is 0 Å². The van der Waals surface area contributed by atoms with Crippen molar-refractivity contribution in [3.05, 3.63) is 63.6 Å². The minimum atomic E-state index is -0.428. The van der Waals surface area contributed by atoms with Gasteiger partial charge in [-0.1, -0.05) is 35.3 Å². The van der Waals surface area contributed by atoms with E-state index in [1.54, 1.807) is 30.3 Å². The van der Waals surface area contributed by atoms with Crippen LogP contribution in [0.3, 0.4) is 0 Å². The Balaban J connectivity index is 2.04. The largest absolute Gasteiger partial charge is 0.508 e. The van der Waals surface area contributed by atoms with Crippen molar-refractivity contribution >= 4 is 35.3 Å². The molecule has 0 aliphatic rings. The van der Waals surface area contributed by atoms with Crippen LogP contribution in [0.2, 0.25) is 10.0 Å². The third-order valence-electron chi connectivity index (χ3n) is 2.44. The maximum Gasteiger partial charge on any atom is 0.271 e. The average molecular weight is 309 g/mol. The Kier molecular flexibility index (Phi) is 4.61. The number of phenols is 1. The lowest BCUT2D eigenvalue weighted by Gasteiger charge is -2.01. The monoisotopic (exact) mass is 308 g/mol. The molecule has 0 radical (unpaired) electrons. The number of benzene rings is 2. The number of aromatic hydroxyl groups is 1. The highest BCUT2D eigenvalue weighted by Gasteiger charge is 2.04. The zero-order valence-electron chi connectivity index (χ0n) is 10.2. The molecule has 0 unspecified atom stereocenters. The van der Waals surface area contributed by atoms with E-state index in [-0.39, 0.29) is 5.75 Å². The van der Waals surface area contributed by atoms with Crippen molar-refractivity contribution in [1.82, 2.24) is 5.43 Å². The van der Waals surface area contributed by atoms with E-state index in [2.05, 4.69) is 10.5 Å². The first kappa shape index (κ1) is 14.4. The van der Waals surface area contributed by atoms with Crippen molar-refractivity contribution in [2.75, 3.05) is 0 Å². The molecule has 2 aromatic rings. The number of hydrazone groups is 1. The summed E-state index contributed by atoms with van der Waals surface area (Å²) in [5, 5.41) is 14.0. The molecular weight excluding hydrogens is 299 g/mol. The molecule has 0 spiro atoms. The summed E-state index contributed by atoms with van der Waals surface area (Å²) in [6, 6.07) is 10.9. The zero-order valence-corrected chi connectivity index (χ0v) is 11.7. The topological polar surface area (TPSA) is 61.7 Å². The SMILES string of the molecule is O=C(N/N=C/c1ccc(Cl)cc1Cl)c1cccc(O)c1. The predicted octanol–water partition coefficient (Wildman–Crippen LogP) is 3.46. The Morgan fingerprint density at radius 2 is 2.00 bits per heavy atom. The number of halogens is 2. The summed E-state index contributed by atoms with van der Waals surface area (Å²) in [7, 11) is 0. The van der Waals surface area contributed by atoms with E-state index < -0.39 is 5.91 Å². The number of rotatable bonds is 3. The van der Waals surface area contributed by atoms with Gasteiger partial charge in [-0.3, -0.25) is 4.79 Å². The average Bonchev–Trinajstić information content (AvgIpc) is 2.41. The summed E-state index contributed by atoms with van der Waals surface area (Å²) >= 11 is 11.7. The molecule has 102 valence electrons. The summed E-state index contributed by atoms with van der Waals surface area (Å²) in [6.45, 7) is 0. The molecular formula is C14H10Cl2N2O2. The molecule has 0 heterocycles. The van der Waals surface area contributed by atoms with Gasteiger partial charge in [0, 0.05) is 16.1 Å². The van der Waals surface area contributed by atoms with Gasteiger partial charge < -0.3 is 5.11 Å². The van der Waals surface area contributed by atoms with E-state index in [9.17, 15) is 9.90 Å². The van der Waals surface area contributed by atoms with Crippen LogP contribution in [0.4, 0.5) is 0 Å². The molecule has 2 rings (SSSR count). The maximum absolute atomic E-state index is 11.7. The lowest BCUT2D eigenvalue weighted by atomic mass is 10.2. The Hall–Kier alpha value is -2.04. The van der Waals surface area contributed by atoms with Crippen LogP contribution in [0, 0.1) is 0 Å². The molecule has 20 heavy (non-hydrogen) atoms. The first-order valence-corrected chi connectivity index (χ1v) is 6.39. The fraction of sp³-hybridized carbons (Fsp3) is 0. The molecule has 6 heteroatoms. The fourth-order valence-electron chi connectivity index (χ4n) is 1.48. The second kappa shape index (κ2) is 6.41. The van der Waals surface area contributed by atoms with Crippen molar-refractivity contribution < 1.29 is 9.90 Å². The van der Waals surface area contributed by atoms with Gasteiger partial charge in [-0.15, -0.1) is 0 Å². The molecule has 0 fully saturated rings. The molecule has 0 aliphatic heterocycles. The number of nitrogens with one attached hydrogen (secondary N) is 1. The number of amides is 1. The van der Waals surface area contributed by atoms with Gasteiger partial charge in [-0.2, -0.15) is 5.10 Å². The summed E-state index contributed by atoms with van der Waals surface area (Å²) in [5.74, 6) is -0.412. The van der Waals surface area contributed by atoms with Crippen LogP contribution >= 0.6 is 23.2 Å². The molecule has 0 saturated heterocycles. The quantitative estimate of drug-likeness (QED) is 0.674. The van der Waals surface area contributed by atoms with Crippen LogP contribution in [0.5, 0.6) is 5.75 Å². The number of carbonyl (C=O) groups excluding carboxylic acids is 1. The number of hydrogen-bond acceptors (Lipinski definition) is 3. The van der Waals surface area contributed by atoms with E-state index in [1.807, 2.05) is 0 Å². The zero-order chi connectivity index (χ0) is 14.5. The number of nitrogens with zero attached hydrogens (tertiary/aromatic N) is 1. The Morgan fingerprint density at radius 1 is 1.20 bits per heavy atom. The van der Waals surface area contributed by atoms with Crippen molar-refractivity contribution in [3.8, 4) is 5.75 Å². The van der Waals surface area contributed by atoms with Crippen LogP contribution in [-0.4, -0.2) is 17.2 Å². The Labute approximate surface area is 125 Å². The van der Waals surface area contributed by atoms with E-state index >= 15 is 0 Å². The van der Waals surface area contributed by atoms with Crippen molar-refractivity contribution in [1.29, 1.82) is 0 Å². The summed E-state index contributed by atoms with van der Waals surface area (Å²) in [4.78, 5) is 11.7. The Morgan fingerprint density at radius 3 is 2.70 bits per heavy atom. The van der Waals surface area contributed by atoms with Gasteiger partial charge in [-0.25, -0.2) is 5.43 Å². The van der Waals surface area contributed by atoms with E-state index in [0.29, 0.717) is 21.2 Å².